The third kappa shape index (κ3) is 9.09. The van der Waals surface area contributed by atoms with E-state index in [4.69, 9.17) is 22.5 Å². The molecule has 0 spiro atoms. The van der Waals surface area contributed by atoms with Gasteiger partial charge in [-0.1, -0.05) is 30.6 Å². The van der Waals surface area contributed by atoms with E-state index in [1.54, 1.807) is 71.6 Å². The van der Waals surface area contributed by atoms with Crippen molar-refractivity contribution in [3.63, 3.8) is 0 Å². The lowest BCUT2D eigenvalue weighted by Crippen LogP contribution is -2.44. The van der Waals surface area contributed by atoms with Crippen LogP contribution in [-0.4, -0.2) is 67.3 Å². The first kappa shape index (κ1) is 36.3. The van der Waals surface area contributed by atoms with Crippen LogP contribution in [0.4, 0.5) is 17.1 Å². The van der Waals surface area contributed by atoms with Crippen molar-refractivity contribution >= 4 is 58.1 Å². The summed E-state index contributed by atoms with van der Waals surface area (Å²) in [7, 11) is 5.02. The molecule has 0 saturated heterocycles. The fourth-order valence-corrected chi connectivity index (χ4v) is 5.20. The molecule has 0 saturated carbocycles. The summed E-state index contributed by atoms with van der Waals surface area (Å²) in [6, 6.07) is 12.1. The number of hydrazine groups is 1. The van der Waals surface area contributed by atoms with Crippen LogP contribution in [0, 0.1) is 0 Å². The van der Waals surface area contributed by atoms with Gasteiger partial charge < -0.3 is 40.6 Å². The molecule has 0 bridgehead atoms. The monoisotopic (exact) mass is 692 g/mol. The van der Waals surface area contributed by atoms with Crippen LogP contribution in [0.3, 0.4) is 0 Å². The molecule has 16 heteroatoms. The van der Waals surface area contributed by atoms with Crippen LogP contribution in [0.2, 0.25) is 0 Å². The molecule has 4 rings (SSSR count). The second-order valence-corrected chi connectivity index (χ2v) is 11.7. The molecule has 0 aliphatic heterocycles. The van der Waals surface area contributed by atoms with Crippen LogP contribution in [-0.2, 0) is 27.6 Å². The van der Waals surface area contributed by atoms with Gasteiger partial charge in [-0.25, -0.2) is 10.4 Å². The van der Waals surface area contributed by atoms with Crippen molar-refractivity contribution < 1.29 is 24.4 Å². The maximum absolute atomic E-state index is 13.5. The largest absolute Gasteiger partial charge is 0.409 e. The number of rotatable bonds is 15. The molecule has 0 aliphatic carbocycles. The summed E-state index contributed by atoms with van der Waals surface area (Å²) >= 11 is 5.92. The van der Waals surface area contributed by atoms with Crippen LogP contribution < -0.4 is 32.1 Å². The van der Waals surface area contributed by atoms with Gasteiger partial charge in [0.25, 0.3) is 23.6 Å². The number of nitrogens with one attached hydrogen (secondary N) is 4. The number of hydrogen-bond acceptors (Lipinski definition) is 7. The maximum atomic E-state index is 13.5. The molecule has 7 N–H and O–H groups in total. The van der Waals surface area contributed by atoms with Gasteiger partial charge in [-0.3, -0.25) is 19.2 Å². The number of halogens is 1. The summed E-state index contributed by atoms with van der Waals surface area (Å²) in [5.74, 6) is -1.35. The predicted octanol–water partition coefficient (Wildman–Crippen LogP) is 3.42. The van der Waals surface area contributed by atoms with E-state index in [1.807, 2.05) is 12.1 Å². The molecular formula is C33H41ClN10O5. The third-order valence-corrected chi connectivity index (χ3v) is 7.76. The Labute approximate surface area is 288 Å². The number of oxime groups is 1. The molecule has 0 radical (unpaired) electrons. The summed E-state index contributed by atoms with van der Waals surface area (Å²) in [5.41, 5.74) is 12.1. The number of aromatic nitrogens is 3. The van der Waals surface area contributed by atoms with E-state index in [9.17, 15) is 19.2 Å². The number of alkyl halides is 1. The maximum Gasteiger partial charge on any atom is 0.272 e. The zero-order chi connectivity index (χ0) is 35.7. The van der Waals surface area contributed by atoms with E-state index in [-0.39, 0.29) is 42.0 Å². The number of anilines is 3. The predicted molar refractivity (Wildman–Crippen MR) is 188 cm³/mol. The molecule has 0 fully saturated rings. The number of nitrogens with zero attached hydrogens (tertiary/aromatic N) is 5. The normalized spacial score (nSPS) is 11.3. The minimum Gasteiger partial charge on any atom is -0.409 e. The van der Waals surface area contributed by atoms with Crippen molar-refractivity contribution in [1.82, 2.24) is 24.4 Å². The van der Waals surface area contributed by atoms with Gasteiger partial charge in [-0.15, -0.1) is 11.6 Å². The van der Waals surface area contributed by atoms with Crippen LogP contribution in [0.25, 0.3) is 0 Å². The molecule has 4 aromatic rings. The number of amides is 4. The van der Waals surface area contributed by atoms with Gasteiger partial charge >= 0.3 is 0 Å². The van der Waals surface area contributed by atoms with E-state index in [2.05, 4.69) is 33.5 Å². The molecular weight excluding hydrogens is 652 g/mol. The number of nitrogens with two attached hydrogens (primary N) is 1. The number of aryl methyl sites for hydroxylation is 4. The van der Waals surface area contributed by atoms with Gasteiger partial charge in [0.15, 0.2) is 0 Å². The molecule has 15 nitrogen and oxygen atoms in total. The van der Waals surface area contributed by atoms with Crippen molar-refractivity contribution in [1.29, 1.82) is 0 Å². The highest BCUT2D eigenvalue weighted by Crippen LogP contribution is 2.22. The number of benzene rings is 1. The number of amidine groups is 1. The Balaban J connectivity index is 1.44. The molecule has 3 heterocycles. The summed E-state index contributed by atoms with van der Waals surface area (Å²) in [4.78, 5) is 52.6. The lowest BCUT2D eigenvalue weighted by Gasteiger charge is -2.22. The topological polar surface area (TPSA) is 193 Å². The van der Waals surface area contributed by atoms with Gasteiger partial charge in [0.1, 0.15) is 22.9 Å². The first-order valence-corrected chi connectivity index (χ1v) is 16.1. The third-order valence-electron chi connectivity index (χ3n) is 7.57. The van der Waals surface area contributed by atoms with Gasteiger partial charge in [0, 0.05) is 70.7 Å². The molecule has 4 amide bonds. The summed E-state index contributed by atoms with van der Waals surface area (Å²) < 4.78 is 4.72. The molecule has 0 atom stereocenters. The second-order valence-electron chi connectivity index (χ2n) is 11.3. The number of carbonyl (C=O) groups is 4. The summed E-state index contributed by atoms with van der Waals surface area (Å²) in [6.07, 6.45) is 6.95. The highest BCUT2D eigenvalue weighted by molar-refractivity contribution is 6.18. The number of carbonyl (C=O) groups excluding carboxylic acids is 4. The Morgan fingerprint density at radius 3 is 1.94 bits per heavy atom. The minimum absolute atomic E-state index is 0.00952. The molecule has 49 heavy (non-hydrogen) atoms. The van der Waals surface area contributed by atoms with Crippen LogP contribution in [0.15, 0.2) is 66.2 Å². The van der Waals surface area contributed by atoms with E-state index in [0.717, 1.165) is 18.4 Å². The first-order chi connectivity index (χ1) is 23.4. The quantitative estimate of drug-likeness (QED) is 0.0361. The minimum atomic E-state index is -0.462. The summed E-state index contributed by atoms with van der Waals surface area (Å²) in [6.45, 7) is 2.58. The molecule has 0 unspecified atom stereocenters. The summed E-state index contributed by atoms with van der Waals surface area (Å²) in [5, 5.41) is 21.1. The van der Waals surface area contributed by atoms with Gasteiger partial charge in [0.05, 0.1) is 17.1 Å². The average Bonchev–Trinajstić information content (AvgIpc) is 3.76. The highest BCUT2D eigenvalue weighted by Gasteiger charge is 2.23. The molecule has 3 aromatic heterocycles. The zero-order valence-electron chi connectivity index (χ0n) is 27.8. The number of hydrogen-bond donors (Lipinski definition) is 6. The van der Waals surface area contributed by atoms with Crippen molar-refractivity contribution in [2.24, 2.45) is 32.0 Å². The van der Waals surface area contributed by atoms with Crippen LogP contribution in [0.1, 0.15) is 67.2 Å². The standard InChI is InChI=1S/C33H41ClN10O5/c1-5-6-21-7-9-22(10-8-21)33(48)44(37-14-12-34)25-17-28(43(4)20-25)32(47)39-24-16-27(42(3)19-24)31(46)38-23-15-26(41(2)18-23)30(45)36-13-11-29(35)40-49/h7-10,15-20,37,49H,5-6,11-14H2,1-4H3,(H2,35,40)(H,36,45)(H,38,46)(H,39,47). The Bertz CT molecular complexity index is 1840. The first-order valence-electron chi connectivity index (χ1n) is 15.5. The van der Waals surface area contributed by atoms with Crippen molar-refractivity contribution in [3.05, 3.63) is 89.3 Å². The van der Waals surface area contributed by atoms with E-state index >= 15 is 0 Å². The Hall–Kier alpha value is -5.54. The average molecular weight is 693 g/mol. The van der Waals surface area contributed by atoms with Crippen molar-refractivity contribution in [2.45, 2.75) is 26.2 Å². The lowest BCUT2D eigenvalue weighted by molar-refractivity contribution is 0.0943. The van der Waals surface area contributed by atoms with Crippen LogP contribution in [0.5, 0.6) is 0 Å². The fraction of sp³-hybridized carbons (Fsp3) is 0.303. The molecule has 1 aromatic carbocycles. The SMILES string of the molecule is CCCc1ccc(C(=O)N(NCCCl)c2cc(C(=O)Nc3cc(C(=O)Nc4cc(C(=O)NCC/C(N)=N/O)n(C)c4)n(C)c3)n(C)c2)cc1. The second kappa shape index (κ2) is 16.5. The zero-order valence-corrected chi connectivity index (χ0v) is 28.5. The fourth-order valence-electron chi connectivity index (χ4n) is 5.11. The van der Waals surface area contributed by atoms with E-state index in [0.29, 0.717) is 34.9 Å². The highest BCUT2D eigenvalue weighted by atomic mass is 35.5. The Kier molecular flexibility index (Phi) is 12.2. The van der Waals surface area contributed by atoms with Gasteiger partial charge in [-0.05, 0) is 42.3 Å². The smallest absolute Gasteiger partial charge is 0.272 e. The Morgan fingerprint density at radius 2 is 1.39 bits per heavy atom. The molecule has 0 aliphatic rings. The lowest BCUT2D eigenvalue weighted by atomic mass is 10.1. The van der Waals surface area contributed by atoms with Crippen molar-refractivity contribution in [3.8, 4) is 0 Å². The van der Waals surface area contributed by atoms with E-state index < -0.39 is 17.7 Å². The van der Waals surface area contributed by atoms with E-state index in [1.165, 1.54) is 17.1 Å². The van der Waals surface area contributed by atoms with Crippen LogP contribution >= 0.6 is 11.6 Å². The van der Waals surface area contributed by atoms with Crippen molar-refractivity contribution in [2.75, 3.05) is 34.6 Å². The van der Waals surface area contributed by atoms with Gasteiger partial charge in [0.2, 0.25) is 0 Å². The molecule has 260 valence electrons. The van der Waals surface area contributed by atoms with Gasteiger partial charge in [-0.2, -0.15) is 0 Å². The Morgan fingerprint density at radius 1 is 0.837 bits per heavy atom.